The first-order valence-corrected chi connectivity index (χ1v) is 9.07. The summed E-state index contributed by atoms with van der Waals surface area (Å²) in [6.07, 6.45) is 0.419. The topological polar surface area (TPSA) is 44.8 Å². The molecule has 3 aromatic carbocycles. The quantitative estimate of drug-likeness (QED) is 0.484. The molecule has 0 aromatic heterocycles. The molecular weight excluding hydrogens is 352 g/mol. The second-order valence-corrected chi connectivity index (χ2v) is 6.44. The molecule has 0 unspecified atom stereocenters. The third-order valence-electron chi connectivity index (χ3n) is 4.68. The highest BCUT2D eigenvalue weighted by atomic mass is 16.7. The number of esters is 1. The lowest BCUT2D eigenvalue weighted by molar-refractivity contribution is -0.136. The van der Waals surface area contributed by atoms with Crippen LogP contribution in [0.4, 0.5) is 0 Å². The van der Waals surface area contributed by atoms with Crippen LogP contribution in [0.2, 0.25) is 0 Å². The van der Waals surface area contributed by atoms with E-state index in [2.05, 4.69) is 0 Å². The highest BCUT2D eigenvalue weighted by molar-refractivity contribution is 6.02. The normalized spacial score (nSPS) is 11.8. The number of hydrogen-bond donors (Lipinski definition) is 0. The first kappa shape index (κ1) is 17.9. The van der Waals surface area contributed by atoms with Crippen LogP contribution in [0, 0.1) is 0 Å². The van der Waals surface area contributed by atoms with Crippen LogP contribution in [0.5, 0.6) is 11.5 Å². The summed E-state index contributed by atoms with van der Waals surface area (Å²) < 4.78 is 16.0. The van der Waals surface area contributed by atoms with Crippen molar-refractivity contribution in [3.63, 3.8) is 0 Å². The third kappa shape index (κ3) is 3.62. The van der Waals surface area contributed by atoms with Gasteiger partial charge in [0.1, 0.15) is 0 Å². The summed E-state index contributed by atoms with van der Waals surface area (Å²) in [5.74, 6) is 1.07. The summed E-state index contributed by atoms with van der Waals surface area (Å²) in [6, 6.07) is 25.5. The minimum absolute atomic E-state index is 0.220. The van der Waals surface area contributed by atoms with E-state index in [1.165, 1.54) is 7.11 Å². The minimum atomic E-state index is -0.347. The van der Waals surface area contributed by atoms with Crippen molar-refractivity contribution in [2.75, 3.05) is 13.9 Å². The molecule has 4 heteroatoms. The summed E-state index contributed by atoms with van der Waals surface area (Å²) in [5, 5.41) is 0. The Morgan fingerprint density at radius 1 is 0.857 bits per heavy atom. The van der Waals surface area contributed by atoms with Gasteiger partial charge in [0.25, 0.3) is 0 Å². The molecule has 1 aliphatic heterocycles. The van der Waals surface area contributed by atoms with Crippen LogP contribution in [-0.2, 0) is 16.0 Å². The molecule has 0 amide bonds. The minimum Gasteiger partial charge on any atom is -0.466 e. The average Bonchev–Trinajstić information content (AvgIpc) is 3.22. The molecule has 1 aliphatic rings. The van der Waals surface area contributed by atoms with Crippen molar-refractivity contribution in [2.24, 2.45) is 0 Å². The number of ether oxygens (including phenoxy) is 3. The van der Waals surface area contributed by atoms with Gasteiger partial charge in [-0.1, -0.05) is 66.7 Å². The molecule has 1 heterocycles. The van der Waals surface area contributed by atoms with E-state index in [4.69, 9.17) is 14.2 Å². The van der Waals surface area contributed by atoms with Crippen molar-refractivity contribution >= 4 is 11.5 Å². The highest BCUT2D eigenvalue weighted by Crippen LogP contribution is 2.35. The zero-order valence-electron chi connectivity index (χ0n) is 15.6. The number of carbonyl (C=O) groups excluding carboxylic acids is 1. The molecule has 0 bridgehead atoms. The molecule has 140 valence electrons. The molecule has 0 fully saturated rings. The van der Waals surface area contributed by atoms with Gasteiger partial charge in [0.15, 0.2) is 11.5 Å². The Morgan fingerprint density at radius 3 is 2.07 bits per heavy atom. The van der Waals surface area contributed by atoms with Gasteiger partial charge in [-0.2, -0.15) is 0 Å². The van der Waals surface area contributed by atoms with E-state index in [0.717, 1.165) is 28.0 Å². The second-order valence-electron chi connectivity index (χ2n) is 6.44. The summed E-state index contributed by atoms with van der Waals surface area (Å²) >= 11 is 0. The molecule has 0 saturated carbocycles. The van der Waals surface area contributed by atoms with Crippen molar-refractivity contribution in [3.8, 4) is 11.5 Å². The Kier molecular flexibility index (Phi) is 5.11. The highest BCUT2D eigenvalue weighted by Gasteiger charge is 2.21. The molecule has 3 aromatic rings. The Hall–Kier alpha value is -3.53. The van der Waals surface area contributed by atoms with Gasteiger partial charge in [-0.05, 0) is 34.4 Å². The lowest BCUT2D eigenvalue weighted by Crippen LogP contribution is -2.11. The number of methoxy groups -OCH3 is 1. The predicted molar refractivity (Wildman–Crippen MR) is 107 cm³/mol. The molecule has 0 radical (unpaired) electrons. The molecule has 28 heavy (non-hydrogen) atoms. The SMILES string of the molecule is COC(=O)C(Cc1ccc2c(c1)OCO2)=C(c1ccccc1)c1ccccc1. The first-order valence-electron chi connectivity index (χ1n) is 9.07. The lowest BCUT2D eigenvalue weighted by Gasteiger charge is -2.15. The van der Waals surface area contributed by atoms with Gasteiger partial charge in [-0.15, -0.1) is 0 Å². The average molecular weight is 372 g/mol. The molecule has 0 aliphatic carbocycles. The lowest BCUT2D eigenvalue weighted by atomic mass is 9.90. The van der Waals surface area contributed by atoms with Gasteiger partial charge in [-0.25, -0.2) is 4.79 Å². The maximum absolute atomic E-state index is 12.8. The standard InChI is InChI=1S/C24H20O4/c1-26-24(25)20(14-17-12-13-21-22(15-17)28-16-27-21)23(18-8-4-2-5-9-18)19-10-6-3-7-11-19/h2-13,15H,14,16H2,1H3. The number of rotatable bonds is 5. The van der Waals surface area contributed by atoms with Crippen LogP contribution in [0.1, 0.15) is 16.7 Å². The van der Waals surface area contributed by atoms with Crippen molar-refractivity contribution in [1.82, 2.24) is 0 Å². The molecule has 0 atom stereocenters. The van der Waals surface area contributed by atoms with E-state index < -0.39 is 0 Å². The Bertz CT molecular complexity index is 966. The summed E-state index contributed by atoms with van der Waals surface area (Å²) in [7, 11) is 1.41. The van der Waals surface area contributed by atoms with Gasteiger partial charge < -0.3 is 14.2 Å². The van der Waals surface area contributed by atoms with Gasteiger partial charge in [0, 0.05) is 12.0 Å². The molecule has 4 nitrogen and oxygen atoms in total. The van der Waals surface area contributed by atoms with Crippen molar-refractivity contribution in [3.05, 3.63) is 101 Å². The van der Waals surface area contributed by atoms with E-state index in [1.807, 2.05) is 78.9 Å². The molecule has 0 saturated heterocycles. The van der Waals surface area contributed by atoms with E-state index in [-0.39, 0.29) is 12.8 Å². The van der Waals surface area contributed by atoms with Gasteiger partial charge in [0.05, 0.1) is 7.11 Å². The van der Waals surface area contributed by atoms with Gasteiger partial charge >= 0.3 is 5.97 Å². The van der Waals surface area contributed by atoms with Gasteiger partial charge in [0.2, 0.25) is 6.79 Å². The van der Waals surface area contributed by atoms with Gasteiger partial charge in [-0.3, -0.25) is 0 Å². The third-order valence-corrected chi connectivity index (χ3v) is 4.68. The Labute approximate surface area is 164 Å². The van der Waals surface area contributed by atoms with Crippen LogP contribution in [0.25, 0.3) is 5.57 Å². The fourth-order valence-electron chi connectivity index (χ4n) is 3.37. The zero-order valence-corrected chi connectivity index (χ0v) is 15.6. The summed E-state index contributed by atoms with van der Waals surface area (Å²) in [4.78, 5) is 12.8. The van der Waals surface area contributed by atoms with Crippen LogP contribution < -0.4 is 9.47 Å². The fraction of sp³-hybridized carbons (Fsp3) is 0.125. The van der Waals surface area contributed by atoms with E-state index >= 15 is 0 Å². The number of fused-ring (bicyclic) bond motifs is 1. The maximum Gasteiger partial charge on any atom is 0.334 e. The number of benzene rings is 3. The second kappa shape index (κ2) is 8.01. The molecule has 4 rings (SSSR count). The summed E-state index contributed by atoms with van der Waals surface area (Å²) in [5.41, 5.74) is 4.35. The van der Waals surface area contributed by atoms with E-state index in [0.29, 0.717) is 17.7 Å². The van der Waals surface area contributed by atoms with Crippen molar-refractivity contribution in [1.29, 1.82) is 0 Å². The monoisotopic (exact) mass is 372 g/mol. The summed E-state index contributed by atoms with van der Waals surface area (Å²) in [6.45, 7) is 0.220. The maximum atomic E-state index is 12.8. The van der Waals surface area contributed by atoms with Crippen LogP contribution in [-0.4, -0.2) is 19.9 Å². The molecule has 0 spiro atoms. The smallest absolute Gasteiger partial charge is 0.334 e. The van der Waals surface area contributed by atoms with Crippen LogP contribution in [0.15, 0.2) is 84.4 Å². The first-order chi connectivity index (χ1) is 13.8. The van der Waals surface area contributed by atoms with E-state index in [1.54, 1.807) is 0 Å². The largest absolute Gasteiger partial charge is 0.466 e. The molecule has 0 N–H and O–H groups in total. The van der Waals surface area contributed by atoms with E-state index in [9.17, 15) is 4.79 Å². The van der Waals surface area contributed by atoms with Crippen LogP contribution >= 0.6 is 0 Å². The number of hydrogen-bond acceptors (Lipinski definition) is 4. The van der Waals surface area contributed by atoms with Crippen molar-refractivity contribution < 1.29 is 19.0 Å². The Morgan fingerprint density at radius 2 is 1.46 bits per heavy atom. The zero-order chi connectivity index (χ0) is 19.3. The Balaban J connectivity index is 1.86. The molecular formula is C24H20O4. The number of carbonyl (C=O) groups is 1. The fourth-order valence-corrected chi connectivity index (χ4v) is 3.37. The predicted octanol–water partition coefficient (Wildman–Crippen LogP) is 4.63. The van der Waals surface area contributed by atoms with Crippen LogP contribution in [0.3, 0.4) is 0 Å². The van der Waals surface area contributed by atoms with Crippen molar-refractivity contribution in [2.45, 2.75) is 6.42 Å².